The highest BCUT2D eigenvalue weighted by Gasteiger charge is 2.40. The third-order valence-electron chi connectivity index (χ3n) is 4.42. The van der Waals surface area contributed by atoms with E-state index in [2.05, 4.69) is 22.8 Å². The minimum Gasteiger partial charge on any atom is -0.481 e. The second-order valence-corrected chi connectivity index (χ2v) is 5.91. The van der Waals surface area contributed by atoms with Gasteiger partial charge < -0.3 is 20.5 Å². The molecule has 0 spiro atoms. The van der Waals surface area contributed by atoms with Gasteiger partial charge in [0.1, 0.15) is 0 Å². The summed E-state index contributed by atoms with van der Waals surface area (Å²) in [5, 5.41) is 15.0. The maximum Gasteiger partial charge on any atom is 0.314 e. The number of allylic oxidation sites excluding steroid dienone is 2. The summed E-state index contributed by atoms with van der Waals surface area (Å²) < 4.78 is 5.21. The van der Waals surface area contributed by atoms with Crippen LogP contribution in [0.3, 0.4) is 0 Å². The molecule has 0 radical (unpaired) electrons. The molecule has 1 aliphatic heterocycles. The molecule has 21 heavy (non-hydrogen) atoms. The fourth-order valence-corrected chi connectivity index (χ4v) is 2.82. The largest absolute Gasteiger partial charge is 0.481 e. The van der Waals surface area contributed by atoms with Crippen LogP contribution >= 0.6 is 0 Å². The first-order chi connectivity index (χ1) is 10.1. The van der Waals surface area contributed by atoms with E-state index in [1.165, 1.54) is 0 Å². The van der Waals surface area contributed by atoms with Gasteiger partial charge in [-0.05, 0) is 38.0 Å². The Hall–Kier alpha value is -1.56. The maximum absolute atomic E-state index is 11.8. The quantitative estimate of drug-likeness (QED) is 0.671. The van der Waals surface area contributed by atoms with Crippen LogP contribution in [0.5, 0.6) is 0 Å². The van der Waals surface area contributed by atoms with E-state index in [-0.39, 0.29) is 12.6 Å². The van der Waals surface area contributed by atoms with Crippen molar-refractivity contribution in [2.75, 3.05) is 26.3 Å². The van der Waals surface area contributed by atoms with Crippen molar-refractivity contribution in [1.29, 1.82) is 0 Å². The lowest BCUT2D eigenvalue weighted by Crippen LogP contribution is -2.49. The predicted octanol–water partition coefficient (Wildman–Crippen LogP) is 1.52. The lowest BCUT2D eigenvalue weighted by molar-refractivity contribution is -0.154. The average Bonchev–Trinajstić information content (AvgIpc) is 2.52. The number of nitrogens with one attached hydrogen (secondary N) is 2. The first-order valence-electron chi connectivity index (χ1n) is 7.60. The van der Waals surface area contributed by atoms with Gasteiger partial charge in [-0.3, -0.25) is 4.79 Å². The van der Waals surface area contributed by atoms with Gasteiger partial charge in [0.15, 0.2) is 0 Å². The molecule has 1 unspecified atom stereocenters. The van der Waals surface area contributed by atoms with E-state index >= 15 is 0 Å². The summed E-state index contributed by atoms with van der Waals surface area (Å²) in [4.78, 5) is 23.3. The summed E-state index contributed by atoms with van der Waals surface area (Å²) in [5.74, 6) is -0.374. The number of hydrogen-bond acceptors (Lipinski definition) is 3. The molecule has 118 valence electrons. The summed E-state index contributed by atoms with van der Waals surface area (Å²) in [6.07, 6.45) is 8.35. The van der Waals surface area contributed by atoms with Gasteiger partial charge in [0, 0.05) is 26.3 Å². The third kappa shape index (κ3) is 4.46. The van der Waals surface area contributed by atoms with Crippen molar-refractivity contribution in [2.24, 2.45) is 11.3 Å². The SMILES string of the molecule is O=C(NCC1CC=CCC1)NCC1(C(=O)O)CCOCC1. The lowest BCUT2D eigenvalue weighted by atomic mass is 9.80. The first kappa shape index (κ1) is 15.8. The van der Waals surface area contributed by atoms with Crippen LogP contribution < -0.4 is 10.6 Å². The van der Waals surface area contributed by atoms with E-state index in [0.717, 1.165) is 19.3 Å². The van der Waals surface area contributed by atoms with Crippen LogP contribution in [-0.4, -0.2) is 43.4 Å². The topological polar surface area (TPSA) is 87.7 Å². The molecule has 0 saturated carbocycles. The van der Waals surface area contributed by atoms with Gasteiger partial charge >= 0.3 is 12.0 Å². The zero-order valence-corrected chi connectivity index (χ0v) is 12.3. The number of hydrogen-bond donors (Lipinski definition) is 3. The second kappa shape index (κ2) is 7.45. The first-order valence-corrected chi connectivity index (χ1v) is 7.60. The normalized spacial score (nSPS) is 24.3. The van der Waals surface area contributed by atoms with Crippen molar-refractivity contribution >= 4 is 12.0 Å². The standard InChI is InChI=1S/C15H24N2O4/c18-13(19)15(6-8-21-9-7-15)11-17-14(20)16-10-12-4-2-1-3-5-12/h1-2,12H,3-11H2,(H,18,19)(H2,16,17,20). The van der Waals surface area contributed by atoms with Gasteiger partial charge in [-0.2, -0.15) is 0 Å². The maximum atomic E-state index is 11.8. The number of carboxylic acids is 1. The molecule has 0 bridgehead atoms. The van der Waals surface area contributed by atoms with E-state index in [1.54, 1.807) is 0 Å². The van der Waals surface area contributed by atoms with Crippen LogP contribution in [0.2, 0.25) is 0 Å². The Morgan fingerprint density at radius 2 is 2.00 bits per heavy atom. The minimum atomic E-state index is -0.886. The van der Waals surface area contributed by atoms with Gasteiger partial charge in [0.05, 0.1) is 5.41 Å². The smallest absolute Gasteiger partial charge is 0.314 e. The molecule has 2 amide bonds. The Morgan fingerprint density at radius 1 is 1.24 bits per heavy atom. The monoisotopic (exact) mass is 296 g/mol. The van der Waals surface area contributed by atoms with Crippen LogP contribution in [0.25, 0.3) is 0 Å². The number of ether oxygens (including phenoxy) is 1. The molecule has 3 N–H and O–H groups in total. The molecular formula is C15H24N2O4. The predicted molar refractivity (Wildman–Crippen MR) is 78.0 cm³/mol. The van der Waals surface area contributed by atoms with Crippen LogP contribution in [0.4, 0.5) is 4.79 Å². The Morgan fingerprint density at radius 3 is 2.62 bits per heavy atom. The Bertz CT molecular complexity index is 402. The average molecular weight is 296 g/mol. The number of aliphatic carboxylic acids is 1. The van der Waals surface area contributed by atoms with Crippen molar-refractivity contribution < 1.29 is 19.4 Å². The Balaban J connectivity index is 1.74. The number of rotatable bonds is 5. The van der Waals surface area contributed by atoms with Gasteiger partial charge in [-0.25, -0.2) is 4.79 Å². The summed E-state index contributed by atoms with van der Waals surface area (Å²) in [5.41, 5.74) is -0.886. The summed E-state index contributed by atoms with van der Waals surface area (Å²) >= 11 is 0. The van der Waals surface area contributed by atoms with Gasteiger partial charge in [0.25, 0.3) is 0 Å². The molecule has 0 aromatic heterocycles. The van der Waals surface area contributed by atoms with E-state index < -0.39 is 11.4 Å². The van der Waals surface area contributed by atoms with Crippen molar-refractivity contribution in [3.63, 3.8) is 0 Å². The molecule has 1 saturated heterocycles. The third-order valence-corrected chi connectivity index (χ3v) is 4.42. The van der Waals surface area contributed by atoms with Gasteiger partial charge in [-0.1, -0.05) is 12.2 Å². The highest BCUT2D eigenvalue weighted by Crippen LogP contribution is 2.30. The molecule has 2 rings (SSSR count). The van der Waals surface area contributed by atoms with E-state index in [4.69, 9.17) is 4.74 Å². The van der Waals surface area contributed by atoms with E-state index in [9.17, 15) is 14.7 Å². The highest BCUT2D eigenvalue weighted by atomic mass is 16.5. The summed E-state index contributed by atoms with van der Waals surface area (Å²) in [7, 11) is 0. The molecule has 1 heterocycles. The van der Waals surface area contributed by atoms with Crippen molar-refractivity contribution in [3.05, 3.63) is 12.2 Å². The van der Waals surface area contributed by atoms with E-state index in [1.807, 2.05) is 0 Å². The number of amides is 2. The van der Waals surface area contributed by atoms with Crippen molar-refractivity contribution in [1.82, 2.24) is 10.6 Å². The molecule has 1 fully saturated rings. The number of carbonyl (C=O) groups is 2. The fraction of sp³-hybridized carbons (Fsp3) is 0.733. The Kier molecular flexibility index (Phi) is 5.61. The van der Waals surface area contributed by atoms with E-state index in [0.29, 0.717) is 38.5 Å². The van der Waals surface area contributed by atoms with Crippen LogP contribution in [-0.2, 0) is 9.53 Å². The molecule has 6 heteroatoms. The molecule has 2 aliphatic rings. The number of carboxylic acid groups (broad SMARTS) is 1. The van der Waals surface area contributed by atoms with Crippen molar-refractivity contribution in [2.45, 2.75) is 32.1 Å². The molecule has 1 aliphatic carbocycles. The molecular weight excluding hydrogens is 272 g/mol. The van der Waals surface area contributed by atoms with Crippen molar-refractivity contribution in [3.8, 4) is 0 Å². The van der Waals surface area contributed by atoms with Crippen LogP contribution in [0.15, 0.2) is 12.2 Å². The van der Waals surface area contributed by atoms with Gasteiger partial charge in [-0.15, -0.1) is 0 Å². The van der Waals surface area contributed by atoms with Gasteiger partial charge in [0.2, 0.25) is 0 Å². The number of carbonyl (C=O) groups excluding carboxylic acids is 1. The minimum absolute atomic E-state index is 0.155. The molecule has 1 atom stereocenters. The fourth-order valence-electron chi connectivity index (χ4n) is 2.82. The second-order valence-electron chi connectivity index (χ2n) is 5.91. The molecule has 0 aromatic carbocycles. The molecule has 6 nitrogen and oxygen atoms in total. The number of urea groups is 1. The van der Waals surface area contributed by atoms with Crippen LogP contribution in [0, 0.1) is 11.3 Å². The van der Waals surface area contributed by atoms with Crippen LogP contribution in [0.1, 0.15) is 32.1 Å². The lowest BCUT2D eigenvalue weighted by Gasteiger charge is -2.33. The zero-order chi connectivity index (χ0) is 15.1. The molecule has 0 aromatic rings. The highest BCUT2D eigenvalue weighted by molar-refractivity contribution is 5.78. The Labute approximate surface area is 124 Å². The summed E-state index contributed by atoms with van der Waals surface area (Å²) in [6, 6.07) is -0.281. The summed E-state index contributed by atoms with van der Waals surface area (Å²) in [6.45, 7) is 1.66. The zero-order valence-electron chi connectivity index (χ0n) is 12.3.